The number of benzene rings is 2. The van der Waals surface area contributed by atoms with E-state index in [1.165, 1.54) is 0 Å². The molecular weight excluding hydrogens is 276 g/mol. The predicted molar refractivity (Wildman–Crippen MR) is 85.3 cm³/mol. The molecule has 0 radical (unpaired) electrons. The van der Waals surface area contributed by atoms with Gasteiger partial charge >= 0.3 is 0 Å². The van der Waals surface area contributed by atoms with E-state index in [4.69, 9.17) is 5.73 Å². The van der Waals surface area contributed by atoms with Crippen molar-refractivity contribution in [3.8, 4) is 28.3 Å². The van der Waals surface area contributed by atoms with Crippen LogP contribution in [-0.2, 0) is 0 Å². The SMILES string of the molecule is NC(=O)c1ccc(-c2cccc(O)c2)nc1-c1ccccc1. The van der Waals surface area contributed by atoms with Crippen LogP contribution < -0.4 is 5.73 Å². The number of primary amides is 1. The first-order valence-electron chi connectivity index (χ1n) is 6.81. The third kappa shape index (κ3) is 2.67. The number of phenols is 1. The van der Waals surface area contributed by atoms with Gasteiger partial charge in [-0.15, -0.1) is 0 Å². The van der Waals surface area contributed by atoms with Crippen molar-refractivity contribution < 1.29 is 9.90 Å². The predicted octanol–water partition coefficient (Wildman–Crippen LogP) is 3.22. The second-order valence-corrected chi connectivity index (χ2v) is 4.87. The minimum Gasteiger partial charge on any atom is -0.508 e. The number of pyridine rings is 1. The Morgan fingerprint density at radius 2 is 1.64 bits per heavy atom. The summed E-state index contributed by atoms with van der Waals surface area (Å²) in [4.78, 5) is 16.2. The Balaban J connectivity index is 2.18. The molecule has 4 heteroatoms. The summed E-state index contributed by atoms with van der Waals surface area (Å²) in [6.07, 6.45) is 0. The number of phenolic OH excluding ortho intramolecular Hbond substituents is 1. The summed E-state index contributed by atoms with van der Waals surface area (Å²) in [5, 5.41) is 9.60. The fourth-order valence-corrected chi connectivity index (χ4v) is 2.30. The zero-order valence-corrected chi connectivity index (χ0v) is 11.7. The van der Waals surface area contributed by atoms with Crippen LogP contribution in [-0.4, -0.2) is 16.0 Å². The Kier molecular flexibility index (Phi) is 3.58. The van der Waals surface area contributed by atoms with Gasteiger partial charge < -0.3 is 10.8 Å². The summed E-state index contributed by atoms with van der Waals surface area (Å²) in [7, 11) is 0. The molecule has 3 N–H and O–H groups in total. The highest BCUT2D eigenvalue weighted by Gasteiger charge is 2.13. The first-order valence-corrected chi connectivity index (χ1v) is 6.81. The van der Waals surface area contributed by atoms with E-state index in [1.54, 1.807) is 30.3 Å². The molecule has 2 aromatic carbocycles. The molecule has 3 rings (SSSR count). The summed E-state index contributed by atoms with van der Waals surface area (Å²) < 4.78 is 0. The van der Waals surface area contributed by atoms with Crippen LogP contribution in [0.2, 0.25) is 0 Å². The molecule has 0 spiro atoms. The maximum atomic E-state index is 11.6. The molecule has 1 heterocycles. The summed E-state index contributed by atoms with van der Waals surface area (Å²) >= 11 is 0. The van der Waals surface area contributed by atoms with Crippen molar-refractivity contribution in [2.24, 2.45) is 5.73 Å². The van der Waals surface area contributed by atoms with Crippen LogP contribution in [0.15, 0.2) is 66.7 Å². The molecule has 1 aromatic heterocycles. The first kappa shape index (κ1) is 13.8. The van der Waals surface area contributed by atoms with Crippen LogP contribution in [0.4, 0.5) is 0 Å². The molecule has 0 aliphatic rings. The fraction of sp³-hybridized carbons (Fsp3) is 0. The van der Waals surface area contributed by atoms with Crippen molar-refractivity contribution in [2.75, 3.05) is 0 Å². The largest absolute Gasteiger partial charge is 0.508 e. The summed E-state index contributed by atoms with van der Waals surface area (Å²) in [6.45, 7) is 0. The normalized spacial score (nSPS) is 10.4. The second kappa shape index (κ2) is 5.69. The lowest BCUT2D eigenvalue weighted by atomic mass is 10.0. The van der Waals surface area contributed by atoms with Gasteiger partial charge in [0, 0.05) is 11.1 Å². The van der Waals surface area contributed by atoms with E-state index in [0.29, 0.717) is 17.0 Å². The molecule has 0 atom stereocenters. The van der Waals surface area contributed by atoms with E-state index in [1.807, 2.05) is 36.4 Å². The van der Waals surface area contributed by atoms with Crippen molar-refractivity contribution in [3.05, 3.63) is 72.3 Å². The van der Waals surface area contributed by atoms with E-state index >= 15 is 0 Å². The molecule has 22 heavy (non-hydrogen) atoms. The van der Waals surface area contributed by atoms with Gasteiger partial charge in [-0.05, 0) is 24.3 Å². The van der Waals surface area contributed by atoms with Crippen molar-refractivity contribution in [3.63, 3.8) is 0 Å². The number of rotatable bonds is 3. The number of amides is 1. The van der Waals surface area contributed by atoms with Crippen LogP contribution in [0.1, 0.15) is 10.4 Å². The van der Waals surface area contributed by atoms with Gasteiger partial charge in [-0.3, -0.25) is 4.79 Å². The molecule has 0 saturated heterocycles. The topological polar surface area (TPSA) is 76.2 Å². The lowest BCUT2D eigenvalue weighted by Gasteiger charge is -2.09. The van der Waals surface area contributed by atoms with Gasteiger partial charge in [0.15, 0.2) is 0 Å². The maximum absolute atomic E-state index is 11.6. The Labute approximate surface area is 127 Å². The van der Waals surface area contributed by atoms with Crippen molar-refractivity contribution in [1.82, 2.24) is 4.98 Å². The molecule has 0 fully saturated rings. The van der Waals surface area contributed by atoms with Crippen molar-refractivity contribution in [2.45, 2.75) is 0 Å². The van der Waals surface area contributed by atoms with E-state index in [2.05, 4.69) is 4.98 Å². The molecule has 4 nitrogen and oxygen atoms in total. The van der Waals surface area contributed by atoms with Crippen LogP contribution in [0.3, 0.4) is 0 Å². The first-order chi connectivity index (χ1) is 10.6. The van der Waals surface area contributed by atoms with Gasteiger partial charge in [-0.1, -0.05) is 42.5 Å². The molecule has 108 valence electrons. The second-order valence-electron chi connectivity index (χ2n) is 4.87. The van der Waals surface area contributed by atoms with Crippen LogP contribution in [0.5, 0.6) is 5.75 Å². The van der Waals surface area contributed by atoms with Gasteiger partial charge in [0.25, 0.3) is 5.91 Å². The quantitative estimate of drug-likeness (QED) is 0.777. The lowest BCUT2D eigenvalue weighted by Crippen LogP contribution is -2.13. The molecule has 0 saturated carbocycles. The Hall–Kier alpha value is -3.14. The standard InChI is InChI=1S/C18H14N2O2/c19-18(22)15-9-10-16(13-7-4-8-14(21)11-13)20-17(15)12-5-2-1-3-6-12/h1-11,21H,(H2,19,22). The van der Waals surface area contributed by atoms with Gasteiger partial charge in [0.2, 0.25) is 0 Å². The highest BCUT2D eigenvalue weighted by Crippen LogP contribution is 2.27. The number of hydrogen-bond donors (Lipinski definition) is 2. The Morgan fingerprint density at radius 1 is 0.909 bits per heavy atom. The highest BCUT2D eigenvalue weighted by molar-refractivity contribution is 5.99. The molecular formula is C18H14N2O2. The summed E-state index contributed by atoms with van der Waals surface area (Å²) in [5.74, 6) is -0.353. The molecule has 1 amide bonds. The number of nitrogens with zero attached hydrogens (tertiary/aromatic N) is 1. The number of carbonyl (C=O) groups excluding carboxylic acids is 1. The molecule has 0 unspecified atom stereocenters. The number of hydrogen-bond acceptors (Lipinski definition) is 3. The number of nitrogens with two attached hydrogens (primary N) is 1. The third-order valence-corrected chi connectivity index (χ3v) is 3.35. The van der Waals surface area contributed by atoms with Crippen LogP contribution in [0, 0.1) is 0 Å². The Morgan fingerprint density at radius 3 is 2.32 bits per heavy atom. The van der Waals surface area contributed by atoms with E-state index < -0.39 is 5.91 Å². The van der Waals surface area contributed by atoms with Crippen LogP contribution >= 0.6 is 0 Å². The zero-order valence-electron chi connectivity index (χ0n) is 11.7. The number of aromatic nitrogens is 1. The van der Waals surface area contributed by atoms with E-state index in [9.17, 15) is 9.90 Å². The fourth-order valence-electron chi connectivity index (χ4n) is 2.30. The van der Waals surface area contributed by atoms with Crippen LogP contribution in [0.25, 0.3) is 22.5 Å². The summed E-state index contributed by atoms with van der Waals surface area (Å²) in [5.41, 5.74) is 8.61. The minimum absolute atomic E-state index is 0.166. The van der Waals surface area contributed by atoms with Gasteiger partial charge in [0.05, 0.1) is 17.0 Å². The van der Waals surface area contributed by atoms with E-state index in [0.717, 1.165) is 11.1 Å². The van der Waals surface area contributed by atoms with Crippen molar-refractivity contribution >= 4 is 5.91 Å². The third-order valence-electron chi connectivity index (χ3n) is 3.35. The maximum Gasteiger partial charge on any atom is 0.250 e. The molecule has 3 aromatic rings. The zero-order chi connectivity index (χ0) is 15.5. The van der Waals surface area contributed by atoms with Gasteiger partial charge in [0.1, 0.15) is 5.75 Å². The number of carbonyl (C=O) groups is 1. The van der Waals surface area contributed by atoms with E-state index in [-0.39, 0.29) is 5.75 Å². The average molecular weight is 290 g/mol. The van der Waals surface area contributed by atoms with Crippen molar-refractivity contribution in [1.29, 1.82) is 0 Å². The minimum atomic E-state index is -0.520. The number of aromatic hydroxyl groups is 1. The molecule has 0 aliphatic heterocycles. The lowest BCUT2D eigenvalue weighted by molar-refractivity contribution is 0.100. The molecule has 0 aliphatic carbocycles. The Bertz CT molecular complexity index is 830. The molecule has 0 bridgehead atoms. The summed E-state index contributed by atoms with van der Waals surface area (Å²) in [6, 6.07) is 19.6. The average Bonchev–Trinajstić information content (AvgIpc) is 2.55. The smallest absolute Gasteiger partial charge is 0.250 e. The monoisotopic (exact) mass is 290 g/mol. The van der Waals surface area contributed by atoms with Gasteiger partial charge in [-0.25, -0.2) is 4.98 Å². The highest BCUT2D eigenvalue weighted by atomic mass is 16.3. The van der Waals surface area contributed by atoms with Gasteiger partial charge in [-0.2, -0.15) is 0 Å².